The van der Waals surface area contributed by atoms with Gasteiger partial charge in [0.15, 0.2) is 0 Å². The Hall–Kier alpha value is -2.04. The van der Waals surface area contributed by atoms with Gasteiger partial charge in [-0.1, -0.05) is 13.8 Å². The molecule has 0 saturated heterocycles. The van der Waals surface area contributed by atoms with Crippen molar-refractivity contribution < 1.29 is 19.4 Å². The minimum absolute atomic E-state index is 0.221. The molecule has 106 valence electrons. The molecule has 20 heavy (non-hydrogen) atoms. The van der Waals surface area contributed by atoms with Crippen molar-refractivity contribution >= 4 is 17.6 Å². The third kappa shape index (κ3) is 1.94. The summed E-state index contributed by atoms with van der Waals surface area (Å²) in [6, 6.07) is 5.52. The van der Waals surface area contributed by atoms with Crippen molar-refractivity contribution in [2.24, 2.45) is 17.3 Å². The SMILES string of the molecule is CC1(C)C(C(=O)O)C1C(=O)Nc1ccc2c(c1)CCO2. The lowest BCUT2D eigenvalue weighted by molar-refractivity contribution is -0.140. The molecule has 5 heteroatoms. The van der Waals surface area contributed by atoms with Crippen molar-refractivity contribution in [1.29, 1.82) is 0 Å². The fourth-order valence-corrected chi connectivity index (χ4v) is 3.07. The number of hydrogen-bond donors (Lipinski definition) is 2. The Balaban J connectivity index is 1.73. The molecule has 5 nitrogen and oxygen atoms in total. The predicted octanol–water partition coefficient (Wildman–Crippen LogP) is 1.92. The van der Waals surface area contributed by atoms with Crippen molar-refractivity contribution in [3.8, 4) is 5.75 Å². The van der Waals surface area contributed by atoms with Crippen LogP contribution in [0.1, 0.15) is 19.4 Å². The summed E-state index contributed by atoms with van der Waals surface area (Å²) in [7, 11) is 0. The maximum Gasteiger partial charge on any atom is 0.307 e. The van der Waals surface area contributed by atoms with E-state index in [9.17, 15) is 9.59 Å². The van der Waals surface area contributed by atoms with E-state index >= 15 is 0 Å². The molecular weight excluding hydrogens is 258 g/mol. The van der Waals surface area contributed by atoms with Gasteiger partial charge in [0.05, 0.1) is 18.4 Å². The van der Waals surface area contributed by atoms with E-state index in [4.69, 9.17) is 9.84 Å². The van der Waals surface area contributed by atoms with Crippen LogP contribution < -0.4 is 10.1 Å². The van der Waals surface area contributed by atoms with Gasteiger partial charge in [-0.3, -0.25) is 9.59 Å². The average Bonchev–Trinajstić information content (AvgIpc) is 2.73. The smallest absolute Gasteiger partial charge is 0.307 e. The number of aliphatic carboxylic acids is 1. The number of fused-ring (bicyclic) bond motifs is 1. The summed E-state index contributed by atoms with van der Waals surface area (Å²) >= 11 is 0. The second-order valence-electron chi connectivity index (χ2n) is 6.03. The number of hydrogen-bond acceptors (Lipinski definition) is 3. The van der Waals surface area contributed by atoms with Crippen molar-refractivity contribution in [1.82, 2.24) is 0 Å². The molecule has 2 aliphatic rings. The lowest BCUT2D eigenvalue weighted by atomic mass is 10.1. The zero-order chi connectivity index (χ0) is 14.5. The van der Waals surface area contributed by atoms with Crippen LogP contribution in [0.2, 0.25) is 0 Å². The zero-order valence-electron chi connectivity index (χ0n) is 11.5. The molecule has 1 saturated carbocycles. The normalized spacial score (nSPS) is 25.5. The third-order valence-corrected chi connectivity index (χ3v) is 4.33. The van der Waals surface area contributed by atoms with Gasteiger partial charge in [-0.05, 0) is 29.2 Å². The molecule has 0 spiro atoms. The van der Waals surface area contributed by atoms with Gasteiger partial charge in [-0.15, -0.1) is 0 Å². The van der Waals surface area contributed by atoms with E-state index in [1.807, 2.05) is 26.0 Å². The summed E-state index contributed by atoms with van der Waals surface area (Å²) in [5, 5.41) is 11.9. The molecule has 1 aromatic rings. The van der Waals surface area contributed by atoms with Crippen LogP contribution in [0.25, 0.3) is 0 Å². The first-order chi connectivity index (χ1) is 9.41. The molecule has 1 heterocycles. The van der Waals surface area contributed by atoms with Crippen LogP contribution >= 0.6 is 0 Å². The number of nitrogens with one attached hydrogen (secondary N) is 1. The largest absolute Gasteiger partial charge is 0.493 e. The van der Waals surface area contributed by atoms with Gasteiger partial charge in [-0.2, -0.15) is 0 Å². The second kappa shape index (κ2) is 4.23. The number of carboxylic acid groups (broad SMARTS) is 1. The van der Waals surface area contributed by atoms with E-state index in [0.29, 0.717) is 12.3 Å². The van der Waals surface area contributed by atoms with E-state index in [1.54, 1.807) is 6.07 Å². The number of ether oxygens (including phenoxy) is 1. The lowest BCUT2D eigenvalue weighted by Crippen LogP contribution is -2.17. The van der Waals surface area contributed by atoms with Gasteiger partial charge in [0.1, 0.15) is 5.75 Å². The summed E-state index contributed by atoms with van der Waals surface area (Å²) < 4.78 is 5.41. The lowest BCUT2D eigenvalue weighted by Gasteiger charge is -2.07. The van der Waals surface area contributed by atoms with Crippen LogP contribution in [-0.4, -0.2) is 23.6 Å². The Morgan fingerprint density at radius 2 is 2.10 bits per heavy atom. The van der Waals surface area contributed by atoms with Crippen LogP contribution in [0.15, 0.2) is 18.2 Å². The molecule has 1 aliphatic carbocycles. The van der Waals surface area contributed by atoms with Crippen molar-refractivity contribution in [3.63, 3.8) is 0 Å². The van der Waals surface area contributed by atoms with Gasteiger partial charge >= 0.3 is 5.97 Å². The average molecular weight is 275 g/mol. The van der Waals surface area contributed by atoms with Crippen molar-refractivity contribution in [2.45, 2.75) is 20.3 Å². The monoisotopic (exact) mass is 275 g/mol. The van der Waals surface area contributed by atoms with Crippen LogP contribution in [-0.2, 0) is 16.0 Å². The number of carbonyl (C=O) groups is 2. The minimum Gasteiger partial charge on any atom is -0.493 e. The molecule has 2 atom stereocenters. The van der Waals surface area contributed by atoms with Gasteiger partial charge < -0.3 is 15.2 Å². The highest BCUT2D eigenvalue weighted by Gasteiger charge is 2.65. The van der Waals surface area contributed by atoms with E-state index < -0.39 is 23.2 Å². The van der Waals surface area contributed by atoms with Gasteiger partial charge in [0.25, 0.3) is 0 Å². The Kier molecular flexibility index (Phi) is 2.74. The molecule has 0 bridgehead atoms. The molecule has 1 fully saturated rings. The standard InChI is InChI=1S/C15H17NO4/c1-15(2)11(12(15)14(18)19)13(17)16-9-3-4-10-8(7-9)5-6-20-10/h3-4,7,11-12H,5-6H2,1-2H3,(H,16,17)(H,18,19). The summed E-state index contributed by atoms with van der Waals surface area (Å²) in [6.45, 7) is 4.29. The topological polar surface area (TPSA) is 75.6 Å². The summed E-state index contributed by atoms with van der Waals surface area (Å²) in [5.74, 6) is -1.33. The quantitative estimate of drug-likeness (QED) is 0.883. The number of rotatable bonds is 3. The summed E-state index contributed by atoms with van der Waals surface area (Å²) in [4.78, 5) is 23.3. The van der Waals surface area contributed by atoms with E-state index in [0.717, 1.165) is 17.7 Å². The molecular formula is C15H17NO4. The third-order valence-electron chi connectivity index (χ3n) is 4.33. The van der Waals surface area contributed by atoms with Crippen LogP contribution in [0, 0.1) is 17.3 Å². The Morgan fingerprint density at radius 1 is 1.35 bits per heavy atom. The number of carbonyl (C=O) groups excluding carboxylic acids is 1. The summed E-state index contributed by atoms with van der Waals surface area (Å²) in [5.41, 5.74) is 1.30. The maximum atomic E-state index is 12.2. The second-order valence-corrected chi connectivity index (χ2v) is 6.03. The number of amides is 1. The highest BCUT2D eigenvalue weighted by Crippen LogP contribution is 2.58. The van der Waals surface area contributed by atoms with Crippen LogP contribution in [0.3, 0.4) is 0 Å². The molecule has 1 aromatic carbocycles. The zero-order valence-corrected chi connectivity index (χ0v) is 11.5. The Bertz CT molecular complexity index is 594. The summed E-state index contributed by atoms with van der Waals surface area (Å²) in [6.07, 6.45) is 0.839. The fraction of sp³-hybridized carbons (Fsp3) is 0.467. The fourth-order valence-electron chi connectivity index (χ4n) is 3.07. The number of anilines is 1. The predicted molar refractivity (Wildman–Crippen MR) is 72.7 cm³/mol. The van der Waals surface area contributed by atoms with Gasteiger partial charge in [-0.25, -0.2) is 0 Å². The first-order valence-corrected chi connectivity index (χ1v) is 6.70. The van der Waals surface area contributed by atoms with E-state index in [2.05, 4.69) is 5.32 Å². The first-order valence-electron chi connectivity index (χ1n) is 6.70. The maximum absolute atomic E-state index is 12.2. The molecule has 0 radical (unpaired) electrons. The molecule has 0 aromatic heterocycles. The molecule has 1 amide bonds. The Morgan fingerprint density at radius 3 is 2.75 bits per heavy atom. The van der Waals surface area contributed by atoms with Gasteiger partial charge in [0, 0.05) is 12.1 Å². The number of carboxylic acids is 1. The molecule has 3 rings (SSSR count). The van der Waals surface area contributed by atoms with E-state index in [1.165, 1.54) is 0 Å². The van der Waals surface area contributed by atoms with Crippen molar-refractivity contribution in [2.75, 3.05) is 11.9 Å². The molecule has 1 aliphatic heterocycles. The van der Waals surface area contributed by atoms with Crippen LogP contribution in [0.4, 0.5) is 5.69 Å². The highest BCUT2D eigenvalue weighted by molar-refractivity contribution is 5.99. The molecule has 2 unspecified atom stereocenters. The molecule has 2 N–H and O–H groups in total. The number of benzene rings is 1. The van der Waals surface area contributed by atoms with Crippen molar-refractivity contribution in [3.05, 3.63) is 23.8 Å². The first kappa shape index (κ1) is 13.0. The van der Waals surface area contributed by atoms with Gasteiger partial charge in [0.2, 0.25) is 5.91 Å². The van der Waals surface area contributed by atoms with E-state index in [-0.39, 0.29) is 5.91 Å². The van der Waals surface area contributed by atoms with Crippen LogP contribution in [0.5, 0.6) is 5.75 Å². The minimum atomic E-state index is -0.905. The highest BCUT2D eigenvalue weighted by atomic mass is 16.5. The Labute approximate surface area is 116 Å².